The first kappa shape index (κ1) is 35.6. The van der Waals surface area contributed by atoms with Crippen LogP contribution in [0.4, 0.5) is 0 Å². The van der Waals surface area contributed by atoms with Gasteiger partial charge in [0.05, 0.1) is 11.0 Å². The topological polar surface area (TPSA) is 56.7 Å². The van der Waals surface area contributed by atoms with E-state index in [0.29, 0.717) is 17.5 Å². The molecular formula is C57H34N4OS. The quantitative estimate of drug-likeness (QED) is 0.168. The number of rotatable bonds is 6. The van der Waals surface area contributed by atoms with Crippen molar-refractivity contribution in [3.05, 3.63) is 206 Å². The molecule has 0 fully saturated rings. The minimum atomic E-state index is 0.593. The fourth-order valence-corrected chi connectivity index (χ4v) is 10.5. The molecule has 0 atom stereocenters. The van der Waals surface area contributed by atoms with E-state index in [2.05, 4.69) is 180 Å². The normalized spacial score (nSPS) is 11.8. The summed E-state index contributed by atoms with van der Waals surface area (Å²) in [5.41, 5.74) is 12.5. The van der Waals surface area contributed by atoms with Crippen molar-refractivity contribution in [2.24, 2.45) is 0 Å². The van der Waals surface area contributed by atoms with E-state index in [1.165, 1.54) is 47.8 Å². The zero-order chi connectivity index (χ0) is 41.4. The van der Waals surface area contributed by atoms with E-state index in [0.717, 1.165) is 60.7 Å². The van der Waals surface area contributed by atoms with E-state index in [1.54, 1.807) is 11.3 Å². The molecule has 0 aliphatic heterocycles. The van der Waals surface area contributed by atoms with Gasteiger partial charge in [-0.15, -0.1) is 11.3 Å². The van der Waals surface area contributed by atoms with Gasteiger partial charge in [0.2, 0.25) is 0 Å². The lowest BCUT2D eigenvalue weighted by atomic mass is 10.0. The second kappa shape index (κ2) is 14.2. The highest BCUT2D eigenvalue weighted by Gasteiger charge is 2.21. The van der Waals surface area contributed by atoms with Crippen molar-refractivity contribution in [3.63, 3.8) is 0 Å². The Balaban J connectivity index is 0.978. The fourth-order valence-electron chi connectivity index (χ4n) is 9.36. The third kappa shape index (κ3) is 5.80. The monoisotopic (exact) mass is 822 g/mol. The minimum Gasteiger partial charge on any atom is -0.456 e. The second-order valence-corrected chi connectivity index (χ2v) is 17.0. The third-order valence-corrected chi connectivity index (χ3v) is 13.4. The number of para-hydroxylation sites is 1. The molecule has 0 unspecified atom stereocenters. The molecule has 9 aromatic carbocycles. The maximum absolute atomic E-state index is 6.74. The number of aromatic nitrogens is 4. The van der Waals surface area contributed by atoms with E-state index in [-0.39, 0.29) is 0 Å². The van der Waals surface area contributed by atoms with Crippen LogP contribution >= 0.6 is 11.3 Å². The molecule has 0 radical (unpaired) electrons. The van der Waals surface area contributed by atoms with Gasteiger partial charge in [-0.1, -0.05) is 152 Å². The lowest BCUT2D eigenvalue weighted by Crippen LogP contribution is -2.00. The molecule has 63 heavy (non-hydrogen) atoms. The van der Waals surface area contributed by atoms with Crippen LogP contribution in [0, 0.1) is 0 Å². The van der Waals surface area contributed by atoms with Gasteiger partial charge in [-0.3, -0.25) is 0 Å². The van der Waals surface area contributed by atoms with Gasteiger partial charge in [-0.2, -0.15) is 0 Å². The Morgan fingerprint density at radius 2 is 0.952 bits per heavy atom. The first-order valence-electron chi connectivity index (χ1n) is 21.1. The lowest BCUT2D eigenvalue weighted by Gasteiger charge is -2.10. The van der Waals surface area contributed by atoms with E-state index < -0.39 is 0 Å². The van der Waals surface area contributed by atoms with E-state index in [4.69, 9.17) is 19.4 Å². The van der Waals surface area contributed by atoms with Gasteiger partial charge in [0.1, 0.15) is 11.2 Å². The molecule has 0 aliphatic carbocycles. The highest BCUT2D eigenvalue weighted by atomic mass is 32.1. The van der Waals surface area contributed by atoms with Crippen molar-refractivity contribution in [1.82, 2.24) is 19.5 Å². The van der Waals surface area contributed by atoms with Crippen LogP contribution in [0.3, 0.4) is 0 Å². The van der Waals surface area contributed by atoms with Gasteiger partial charge in [-0.05, 0) is 70.8 Å². The van der Waals surface area contributed by atoms with Gasteiger partial charge >= 0.3 is 0 Å². The number of hydrogen-bond donors (Lipinski definition) is 0. The largest absolute Gasteiger partial charge is 0.456 e. The molecule has 0 saturated carbocycles. The van der Waals surface area contributed by atoms with Crippen LogP contribution in [0.5, 0.6) is 0 Å². The Labute approximate surface area is 365 Å². The molecule has 5 nitrogen and oxygen atoms in total. The minimum absolute atomic E-state index is 0.593. The Morgan fingerprint density at radius 1 is 0.349 bits per heavy atom. The molecule has 0 spiro atoms. The molecule has 4 heterocycles. The van der Waals surface area contributed by atoms with Gasteiger partial charge in [-0.25, -0.2) is 15.0 Å². The molecule has 294 valence electrons. The molecule has 13 rings (SSSR count). The Kier molecular flexibility index (Phi) is 8.01. The molecule has 4 aromatic heterocycles. The van der Waals surface area contributed by atoms with Crippen molar-refractivity contribution < 1.29 is 4.42 Å². The predicted octanol–water partition coefficient (Wildman–Crippen LogP) is 15.6. The third-order valence-electron chi connectivity index (χ3n) is 12.3. The van der Waals surface area contributed by atoms with Crippen LogP contribution in [0.2, 0.25) is 0 Å². The maximum Gasteiger partial charge on any atom is 0.164 e. The summed E-state index contributed by atoms with van der Waals surface area (Å²) in [6.45, 7) is 0. The first-order valence-corrected chi connectivity index (χ1v) is 21.9. The van der Waals surface area contributed by atoms with Crippen LogP contribution < -0.4 is 0 Å². The molecule has 0 N–H and O–H groups in total. The summed E-state index contributed by atoms with van der Waals surface area (Å²) in [5, 5.41) is 6.72. The molecule has 0 aliphatic rings. The lowest BCUT2D eigenvalue weighted by molar-refractivity contribution is 0.668. The average Bonchev–Trinajstić information content (AvgIpc) is 4.03. The SMILES string of the molecule is c1ccc(-c2ccc3c(c2)sc2cccc(-c4nc(-c5ccccc5)nc(-c5cccc6oc7cc(-n8c9ccccc9c9cc(-c%10ccccc%10)ccc98)ccc7c56)n4)c23)cc1. The summed E-state index contributed by atoms with van der Waals surface area (Å²) >= 11 is 1.80. The zero-order valence-electron chi connectivity index (χ0n) is 33.7. The van der Waals surface area contributed by atoms with Crippen LogP contribution in [0.25, 0.3) is 126 Å². The second-order valence-electron chi connectivity index (χ2n) is 15.9. The molecular weight excluding hydrogens is 789 g/mol. The van der Waals surface area contributed by atoms with Gasteiger partial charge in [0, 0.05) is 70.2 Å². The van der Waals surface area contributed by atoms with Crippen molar-refractivity contribution >= 4 is 75.3 Å². The van der Waals surface area contributed by atoms with Crippen LogP contribution in [-0.2, 0) is 0 Å². The van der Waals surface area contributed by atoms with Crippen LogP contribution in [0.15, 0.2) is 211 Å². The highest BCUT2D eigenvalue weighted by molar-refractivity contribution is 7.26. The standard InChI is InChI=1S/C57H34N4OS/c1-4-14-35(15-5-1)38-27-31-48-46(32-38)41-20-10-11-23-47(41)61(48)40-28-30-42-50(34-40)62-49-24-12-21-44(53(42)49)56-58-55(37-18-8-3-9-19-37)59-57(60-56)45-22-13-25-51-54(45)43-29-26-39(33-52(43)63-51)36-16-6-2-7-17-36/h1-34H. The number of benzene rings is 9. The summed E-state index contributed by atoms with van der Waals surface area (Å²) in [6.07, 6.45) is 0. The summed E-state index contributed by atoms with van der Waals surface area (Å²) < 4.78 is 11.5. The Morgan fingerprint density at radius 3 is 1.71 bits per heavy atom. The van der Waals surface area contributed by atoms with E-state index >= 15 is 0 Å². The van der Waals surface area contributed by atoms with Gasteiger partial charge < -0.3 is 8.98 Å². The number of fused-ring (bicyclic) bond motifs is 9. The number of nitrogens with zero attached hydrogens (tertiary/aromatic N) is 4. The highest BCUT2D eigenvalue weighted by Crippen LogP contribution is 2.43. The van der Waals surface area contributed by atoms with E-state index in [1.807, 2.05) is 30.3 Å². The van der Waals surface area contributed by atoms with Crippen molar-refractivity contribution in [2.45, 2.75) is 0 Å². The molecule has 6 heteroatoms. The number of hydrogen-bond acceptors (Lipinski definition) is 5. The molecule has 13 aromatic rings. The molecule has 0 bridgehead atoms. The average molecular weight is 823 g/mol. The van der Waals surface area contributed by atoms with Crippen molar-refractivity contribution in [2.75, 3.05) is 0 Å². The zero-order valence-corrected chi connectivity index (χ0v) is 34.6. The maximum atomic E-state index is 6.74. The van der Waals surface area contributed by atoms with Gasteiger partial charge in [0.25, 0.3) is 0 Å². The smallest absolute Gasteiger partial charge is 0.164 e. The Hall–Kier alpha value is -8.19. The van der Waals surface area contributed by atoms with Crippen molar-refractivity contribution in [1.29, 1.82) is 0 Å². The van der Waals surface area contributed by atoms with Crippen molar-refractivity contribution in [3.8, 4) is 62.1 Å². The predicted molar refractivity (Wildman–Crippen MR) is 262 cm³/mol. The summed E-state index contributed by atoms with van der Waals surface area (Å²) in [5.74, 6) is 1.84. The summed E-state index contributed by atoms with van der Waals surface area (Å²) in [4.78, 5) is 15.7. The number of furan rings is 1. The Bertz CT molecular complexity index is 3910. The summed E-state index contributed by atoms with van der Waals surface area (Å²) in [7, 11) is 0. The summed E-state index contributed by atoms with van der Waals surface area (Å²) in [6, 6.07) is 72.6. The fraction of sp³-hybridized carbons (Fsp3) is 0. The first-order chi connectivity index (χ1) is 31.2. The van der Waals surface area contributed by atoms with Crippen LogP contribution in [0.1, 0.15) is 0 Å². The van der Waals surface area contributed by atoms with Crippen LogP contribution in [-0.4, -0.2) is 19.5 Å². The van der Waals surface area contributed by atoms with E-state index in [9.17, 15) is 0 Å². The molecule has 0 saturated heterocycles. The van der Waals surface area contributed by atoms with Gasteiger partial charge in [0.15, 0.2) is 17.5 Å². The molecule has 0 amide bonds. The number of thiophene rings is 1.